The van der Waals surface area contributed by atoms with Gasteiger partial charge in [0.1, 0.15) is 10.0 Å². The molecule has 4 heterocycles. The Labute approximate surface area is 288 Å². The molecule has 8 rings (SSSR count). The summed E-state index contributed by atoms with van der Waals surface area (Å²) in [6.07, 6.45) is 2.63. The van der Waals surface area contributed by atoms with Crippen LogP contribution in [0.25, 0.3) is 51.0 Å². The molecule has 0 bridgehead atoms. The van der Waals surface area contributed by atoms with Crippen molar-refractivity contribution in [1.82, 2.24) is 19.9 Å². The van der Waals surface area contributed by atoms with Crippen LogP contribution in [0.5, 0.6) is 0 Å². The summed E-state index contributed by atoms with van der Waals surface area (Å²) in [5, 5.41) is 1.96. The number of ketones is 2. The summed E-state index contributed by atoms with van der Waals surface area (Å²) in [4.78, 5) is 43.5. The third-order valence-electron chi connectivity index (χ3n) is 7.37. The molecule has 0 saturated carbocycles. The smallest absolute Gasteiger partial charge is 0.224 e. The molecule has 6 nitrogen and oxygen atoms in total. The number of carbonyl (C=O) groups is 2. The Morgan fingerprint density at radius 1 is 0.480 bits per heavy atom. The van der Waals surface area contributed by atoms with Gasteiger partial charge in [-0.25, -0.2) is 55.1 Å². The molecule has 0 aliphatic rings. The van der Waals surface area contributed by atoms with Crippen LogP contribution in [0.3, 0.4) is 0 Å². The van der Waals surface area contributed by atoms with Gasteiger partial charge in [0.2, 0.25) is 11.6 Å². The van der Waals surface area contributed by atoms with Crippen LogP contribution in [0.15, 0.2) is 48.8 Å². The van der Waals surface area contributed by atoms with Crippen molar-refractivity contribution in [2.75, 3.05) is 0 Å². The Balaban J connectivity index is 1.08. The highest BCUT2D eigenvalue weighted by atomic mass is 32.1. The van der Waals surface area contributed by atoms with Gasteiger partial charge in [-0.3, -0.25) is 9.59 Å². The second-order valence-corrected chi connectivity index (χ2v) is 14.6. The Morgan fingerprint density at radius 2 is 0.880 bits per heavy atom. The Bertz CT molecular complexity index is 2520. The van der Waals surface area contributed by atoms with E-state index in [1.807, 2.05) is 24.3 Å². The fourth-order valence-corrected chi connectivity index (χ4v) is 8.78. The van der Waals surface area contributed by atoms with Crippen LogP contribution in [-0.2, 0) is 0 Å². The van der Waals surface area contributed by atoms with E-state index in [4.69, 9.17) is 0 Å². The van der Waals surface area contributed by atoms with Gasteiger partial charge in [0.15, 0.2) is 56.6 Å². The lowest BCUT2D eigenvalue weighted by molar-refractivity contribution is 0.102. The number of carbonyl (C=O) groups excluding carboxylic acids is 2. The van der Waals surface area contributed by atoms with Crippen molar-refractivity contribution in [3.05, 3.63) is 116 Å². The van der Waals surface area contributed by atoms with Crippen LogP contribution in [-0.4, -0.2) is 31.5 Å². The van der Waals surface area contributed by atoms with E-state index >= 15 is 0 Å². The van der Waals surface area contributed by atoms with E-state index in [2.05, 4.69) is 19.9 Å². The summed E-state index contributed by atoms with van der Waals surface area (Å²) in [6, 6.07) is 7.96. The standard InChI is InChI=1S/C32H8F8N4O2S4/c33-13-5-11(21(35)25(39)23(13)37)27(45)31-41-7-19(49-31)29-43-15-1-9-3-18-16(2-10(9)4-17(15)47-29)44-30(48-18)20-8-42-32(50-20)28(46)12-6-14(34)24(38)26(40)22(12)36/h1-8H. The van der Waals surface area contributed by atoms with E-state index in [-0.39, 0.29) is 22.1 Å². The summed E-state index contributed by atoms with van der Waals surface area (Å²) in [6.45, 7) is 0. The highest BCUT2D eigenvalue weighted by Gasteiger charge is 2.28. The minimum Gasteiger partial charge on any atom is -0.286 e. The van der Waals surface area contributed by atoms with Crippen LogP contribution in [0.2, 0.25) is 0 Å². The Morgan fingerprint density at radius 3 is 1.28 bits per heavy atom. The maximum absolute atomic E-state index is 14.2. The average molecular weight is 761 g/mol. The fourth-order valence-electron chi connectivity index (χ4n) is 4.97. The Hall–Kier alpha value is -5.04. The Kier molecular flexibility index (Phi) is 7.59. The van der Waals surface area contributed by atoms with Gasteiger partial charge in [-0.15, -0.1) is 45.3 Å². The number of fused-ring (bicyclic) bond motifs is 3. The van der Waals surface area contributed by atoms with Gasteiger partial charge < -0.3 is 0 Å². The van der Waals surface area contributed by atoms with Crippen molar-refractivity contribution in [3.8, 4) is 19.8 Å². The number of halogens is 8. The van der Waals surface area contributed by atoms with Gasteiger partial charge in [0, 0.05) is 12.4 Å². The van der Waals surface area contributed by atoms with Crippen molar-refractivity contribution >= 4 is 88.1 Å². The molecule has 0 aliphatic heterocycles. The third-order valence-corrected chi connectivity index (χ3v) is 11.7. The first kappa shape index (κ1) is 32.2. The zero-order valence-corrected chi connectivity index (χ0v) is 27.1. The zero-order valence-electron chi connectivity index (χ0n) is 23.9. The minimum atomic E-state index is -2.10. The second kappa shape index (κ2) is 11.8. The molecule has 0 radical (unpaired) electrons. The maximum atomic E-state index is 14.2. The molecule has 0 amide bonds. The molecule has 248 valence electrons. The van der Waals surface area contributed by atoms with Crippen LogP contribution < -0.4 is 0 Å². The van der Waals surface area contributed by atoms with Crippen LogP contribution >= 0.6 is 45.3 Å². The van der Waals surface area contributed by atoms with Crippen molar-refractivity contribution in [3.63, 3.8) is 0 Å². The van der Waals surface area contributed by atoms with E-state index in [0.29, 0.717) is 30.8 Å². The van der Waals surface area contributed by atoms with E-state index in [1.165, 1.54) is 35.1 Å². The van der Waals surface area contributed by atoms with E-state index in [1.54, 1.807) is 0 Å². The first-order valence-electron chi connectivity index (χ1n) is 13.7. The van der Waals surface area contributed by atoms with Crippen LogP contribution in [0.4, 0.5) is 35.1 Å². The first-order valence-corrected chi connectivity index (χ1v) is 17.0. The zero-order chi connectivity index (χ0) is 35.2. The van der Waals surface area contributed by atoms with Crippen molar-refractivity contribution in [2.45, 2.75) is 0 Å². The molecule has 4 aromatic carbocycles. The van der Waals surface area contributed by atoms with Gasteiger partial charge >= 0.3 is 0 Å². The van der Waals surface area contributed by atoms with E-state index in [0.717, 1.165) is 42.8 Å². The fraction of sp³-hybridized carbons (Fsp3) is 0. The second-order valence-electron chi connectivity index (χ2n) is 10.4. The number of nitrogens with zero attached hydrogens (tertiary/aromatic N) is 4. The summed E-state index contributed by atoms with van der Waals surface area (Å²) in [5.74, 6) is -17.6. The first-order chi connectivity index (χ1) is 23.9. The maximum Gasteiger partial charge on any atom is 0.224 e. The SMILES string of the molecule is O=C(c1ncc(-c2nc3cc4cc5sc(-c6cnc(C(=O)c7cc(F)c(F)c(F)c7F)s6)nc5cc4cc3s2)s1)c1cc(F)c(F)c(F)c1F. The summed E-state index contributed by atoms with van der Waals surface area (Å²) in [5.41, 5.74) is -0.786. The monoisotopic (exact) mass is 760 g/mol. The van der Waals surface area contributed by atoms with Gasteiger partial charge in [-0.2, -0.15) is 0 Å². The molecule has 50 heavy (non-hydrogen) atoms. The van der Waals surface area contributed by atoms with E-state index < -0.39 is 69.2 Å². The topological polar surface area (TPSA) is 85.7 Å². The number of hydrogen-bond donors (Lipinski definition) is 0. The minimum absolute atomic E-state index is 0.279. The molecule has 0 unspecified atom stereocenters. The van der Waals surface area contributed by atoms with Crippen LogP contribution in [0.1, 0.15) is 30.7 Å². The number of aromatic nitrogens is 4. The van der Waals surface area contributed by atoms with Gasteiger partial charge in [-0.1, -0.05) is 0 Å². The molecular weight excluding hydrogens is 753 g/mol. The summed E-state index contributed by atoms with van der Waals surface area (Å²) < 4.78 is 111. The molecule has 18 heteroatoms. The van der Waals surface area contributed by atoms with Gasteiger partial charge in [-0.05, 0) is 47.2 Å². The predicted octanol–water partition coefficient (Wildman–Crippen LogP) is 9.88. The molecule has 4 aromatic heterocycles. The third kappa shape index (κ3) is 5.17. The normalized spacial score (nSPS) is 11.8. The summed E-state index contributed by atoms with van der Waals surface area (Å²) in [7, 11) is 0. The average Bonchev–Trinajstić information content (AvgIpc) is 3.92. The molecule has 8 aromatic rings. The molecule has 0 spiro atoms. The molecule has 0 fully saturated rings. The summed E-state index contributed by atoms with van der Waals surface area (Å²) >= 11 is 4.17. The van der Waals surface area contributed by atoms with Crippen molar-refractivity contribution in [2.24, 2.45) is 0 Å². The molecule has 0 atom stereocenters. The van der Waals surface area contributed by atoms with Crippen LogP contribution in [0, 0.1) is 46.5 Å². The number of benzene rings is 4. The highest BCUT2D eigenvalue weighted by Crippen LogP contribution is 2.39. The van der Waals surface area contributed by atoms with E-state index in [9.17, 15) is 44.7 Å². The number of rotatable bonds is 6. The van der Waals surface area contributed by atoms with Crippen molar-refractivity contribution < 1.29 is 44.7 Å². The van der Waals surface area contributed by atoms with Gasteiger partial charge in [0.25, 0.3) is 0 Å². The predicted molar refractivity (Wildman–Crippen MR) is 172 cm³/mol. The molecule has 0 N–H and O–H groups in total. The molecule has 0 aliphatic carbocycles. The highest BCUT2D eigenvalue weighted by molar-refractivity contribution is 7.26. The molecular formula is C32H8F8N4O2S4. The quantitative estimate of drug-likeness (QED) is 0.0726. The lowest BCUT2D eigenvalue weighted by atomic mass is 10.1. The lowest BCUT2D eigenvalue weighted by Gasteiger charge is -2.03. The van der Waals surface area contributed by atoms with Crippen molar-refractivity contribution in [1.29, 1.82) is 0 Å². The lowest BCUT2D eigenvalue weighted by Crippen LogP contribution is -2.08. The molecule has 0 saturated heterocycles. The number of thiazole rings is 4. The largest absolute Gasteiger partial charge is 0.286 e. The number of hydrogen-bond acceptors (Lipinski definition) is 10. The van der Waals surface area contributed by atoms with Gasteiger partial charge in [0.05, 0.1) is 41.3 Å².